The molecule has 0 spiro atoms. The van der Waals surface area contributed by atoms with Gasteiger partial charge >= 0.3 is 6.61 Å². The number of alkyl halides is 2. The lowest BCUT2D eigenvalue weighted by Crippen LogP contribution is -2.31. The maximum absolute atomic E-state index is 12.1. The average Bonchev–Trinajstić information content (AvgIpc) is 2.61. The van der Waals surface area contributed by atoms with E-state index >= 15 is 0 Å². The van der Waals surface area contributed by atoms with Gasteiger partial charge in [-0.05, 0) is 49.6 Å². The molecule has 0 aliphatic rings. The molecule has 2 N–H and O–H groups in total. The van der Waals surface area contributed by atoms with Gasteiger partial charge in [0.25, 0.3) is 5.69 Å². The lowest BCUT2D eigenvalue weighted by molar-refractivity contribution is -0.385. The van der Waals surface area contributed by atoms with Gasteiger partial charge in [0.05, 0.1) is 11.5 Å². The van der Waals surface area contributed by atoms with Crippen molar-refractivity contribution < 1.29 is 23.2 Å². The summed E-state index contributed by atoms with van der Waals surface area (Å²) in [5.41, 5.74) is 2.75. The van der Waals surface area contributed by atoms with Gasteiger partial charge in [-0.2, -0.15) is 8.78 Å². The van der Waals surface area contributed by atoms with Crippen molar-refractivity contribution in [2.45, 2.75) is 26.9 Å². The van der Waals surface area contributed by atoms with Crippen molar-refractivity contribution in [1.82, 2.24) is 5.32 Å². The second-order valence-electron chi connectivity index (χ2n) is 6.19. The number of nitro benzene ring substituents is 1. The van der Waals surface area contributed by atoms with Crippen LogP contribution in [0.2, 0.25) is 0 Å². The highest BCUT2D eigenvalue weighted by Gasteiger charge is 2.14. The van der Waals surface area contributed by atoms with Crippen molar-refractivity contribution in [3.8, 4) is 5.75 Å². The summed E-state index contributed by atoms with van der Waals surface area (Å²) in [5, 5.41) is 16.7. The van der Waals surface area contributed by atoms with Crippen LogP contribution in [-0.2, 0) is 11.2 Å². The second kappa shape index (κ2) is 9.63. The van der Waals surface area contributed by atoms with E-state index in [0.717, 1.165) is 11.1 Å². The fourth-order valence-electron chi connectivity index (χ4n) is 2.65. The fourth-order valence-corrected chi connectivity index (χ4v) is 2.65. The Hall–Kier alpha value is -3.23. The second-order valence-corrected chi connectivity index (χ2v) is 6.19. The molecular formula is C19H21F2N3O4. The van der Waals surface area contributed by atoms with Gasteiger partial charge in [0.1, 0.15) is 5.75 Å². The first kappa shape index (κ1) is 21.1. The number of carbonyl (C=O) groups is 1. The molecule has 0 radical (unpaired) electrons. The standard InChI is InChI=1S/C19H21F2N3O4/c1-12-9-13(2)17(24(26)27)10-16(12)23-11-18(25)22-8-7-14-3-5-15(6-4-14)28-19(20)21/h3-6,9-10,19,23H,7-8,11H2,1-2H3,(H,22,25). The molecule has 2 rings (SSSR count). The minimum absolute atomic E-state index is 0.00669. The zero-order valence-electron chi connectivity index (χ0n) is 15.5. The van der Waals surface area contributed by atoms with Gasteiger partial charge in [-0.1, -0.05) is 12.1 Å². The normalized spacial score (nSPS) is 10.6. The predicted octanol–water partition coefficient (Wildman–Crippen LogP) is 3.58. The molecular weight excluding hydrogens is 372 g/mol. The van der Waals surface area contributed by atoms with E-state index in [1.165, 1.54) is 18.2 Å². The largest absolute Gasteiger partial charge is 0.435 e. The van der Waals surface area contributed by atoms with E-state index in [1.54, 1.807) is 32.0 Å². The smallest absolute Gasteiger partial charge is 0.387 e. The first-order valence-corrected chi connectivity index (χ1v) is 8.56. The zero-order valence-corrected chi connectivity index (χ0v) is 15.5. The number of ether oxygens (including phenoxy) is 1. The topological polar surface area (TPSA) is 93.5 Å². The van der Waals surface area contributed by atoms with E-state index in [1.807, 2.05) is 0 Å². The molecule has 0 bridgehead atoms. The van der Waals surface area contributed by atoms with Crippen molar-refractivity contribution in [1.29, 1.82) is 0 Å². The molecule has 1 amide bonds. The van der Waals surface area contributed by atoms with Crippen molar-refractivity contribution in [2.75, 3.05) is 18.4 Å². The summed E-state index contributed by atoms with van der Waals surface area (Å²) in [6.07, 6.45) is 0.524. The Kier molecular flexibility index (Phi) is 7.25. The number of hydrogen-bond acceptors (Lipinski definition) is 5. The van der Waals surface area contributed by atoms with Gasteiger partial charge in [-0.15, -0.1) is 0 Å². The molecule has 0 aromatic heterocycles. The number of rotatable bonds is 9. The summed E-state index contributed by atoms with van der Waals surface area (Å²) in [6, 6.07) is 9.30. The summed E-state index contributed by atoms with van der Waals surface area (Å²) >= 11 is 0. The highest BCUT2D eigenvalue weighted by atomic mass is 19.3. The maximum atomic E-state index is 12.1. The van der Waals surface area contributed by atoms with Crippen LogP contribution in [0.15, 0.2) is 36.4 Å². The van der Waals surface area contributed by atoms with Crippen LogP contribution in [0.1, 0.15) is 16.7 Å². The summed E-state index contributed by atoms with van der Waals surface area (Å²) < 4.78 is 28.5. The van der Waals surface area contributed by atoms with Crippen LogP contribution in [0, 0.1) is 24.0 Å². The van der Waals surface area contributed by atoms with Gasteiger partial charge in [0.15, 0.2) is 0 Å². The molecule has 0 aliphatic heterocycles. The van der Waals surface area contributed by atoms with Crippen LogP contribution in [0.25, 0.3) is 0 Å². The number of nitrogens with zero attached hydrogens (tertiary/aromatic N) is 1. The molecule has 28 heavy (non-hydrogen) atoms. The Morgan fingerprint density at radius 2 is 1.86 bits per heavy atom. The third-order valence-electron chi connectivity index (χ3n) is 4.06. The average molecular weight is 393 g/mol. The minimum atomic E-state index is -2.86. The van der Waals surface area contributed by atoms with Crippen molar-refractivity contribution in [2.24, 2.45) is 0 Å². The highest BCUT2D eigenvalue weighted by Crippen LogP contribution is 2.26. The van der Waals surface area contributed by atoms with Crippen molar-refractivity contribution in [3.63, 3.8) is 0 Å². The number of carbonyl (C=O) groups excluding carboxylic acids is 1. The molecule has 0 saturated heterocycles. The van der Waals surface area contributed by atoms with Crippen LogP contribution in [0.3, 0.4) is 0 Å². The number of benzene rings is 2. The van der Waals surface area contributed by atoms with E-state index in [-0.39, 0.29) is 23.9 Å². The summed E-state index contributed by atoms with van der Waals surface area (Å²) in [7, 11) is 0. The van der Waals surface area contributed by atoms with Gasteiger partial charge < -0.3 is 15.4 Å². The summed E-state index contributed by atoms with van der Waals surface area (Å²) in [5.74, 6) is -0.185. The molecule has 2 aromatic carbocycles. The van der Waals surface area contributed by atoms with Crippen LogP contribution < -0.4 is 15.4 Å². The van der Waals surface area contributed by atoms with Crippen molar-refractivity contribution >= 4 is 17.3 Å². The van der Waals surface area contributed by atoms with E-state index in [0.29, 0.717) is 24.2 Å². The van der Waals surface area contributed by atoms with Gasteiger partial charge in [-0.25, -0.2) is 0 Å². The quantitative estimate of drug-likeness (QED) is 0.502. The number of aryl methyl sites for hydroxylation is 2. The number of amides is 1. The zero-order chi connectivity index (χ0) is 20.7. The van der Waals surface area contributed by atoms with Crippen LogP contribution >= 0.6 is 0 Å². The molecule has 0 saturated carbocycles. The SMILES string of the molecule is Cc1cc(C)c([N+](=O)[O-])cc1NCC(=O)NCCc1ccc(OC(F)F)cc1. The van der Waals surface area contributed by atoms with E-state index in [2.05, 4.69) is 15.4 Å². The van der Waals surface area contributed by atoms with E-state index in [9.17, 15) is 23.7 Å². The minimum Gasteiger partial charge on any atom is -0.435 e. The van der Waals surface area contributed by atoms with Crippen LogP contribution in [0.4, 0.5) is 20.2 Å². The molecule has 0 unspecified atom stereocenters. The molecule has 0 atom stereocenters. The molecule has 0 aliphatic carbocycles. The number of hydrogen-bond donors (Lipinski definition) is 2. The van der Waals surface area contributed by atoms with Crippen LogP contribution in [-0.4, -0.2) is 30.5 Å². The molecule has 7 nitrogen and oxygen atoms in total. The first-order valence-electron chi connectivity index (χ1n) is 8.56. The summed E-state index contributed by atoms with van der Waals surface area (Å²) in [6.45, 7) is 0.938. The maximum Gasteiger partial charge on any atom is 0.387 e. The summed E-state index contributed by atoms with van der Waals surface area (Å²) in [4.78, 5) is 22.5. The van der Waals surface area contributed by atoms with Crippen molar-refractivity contribution in [3.05, 3.63) is 63.2 Å². The lowest BCUT2D eigenvalue weighted by Gasteiger charge is -2.11. The molecule has 0 fully saturated rings. The molecule has 150 valence electrons. The predicted molar refractivity (Wildman–Crippen MR) is 101 cm³/mol. The van der Waals surface area contributed by atoms with Gasteiger partial charge in [0.2, 0.25) is 5.91 Å². The number of anilines is 1. The number of nitrogens with one attached hydrogen (secondary N) is 2. The third kappa shape index (κ3) is 6.19. The number of nitro groups is 1. The Morgan fingerprint density at radius 1 is 1.18 bits per heavy atom. The Morgan fingerprint density at radius 3 is 2.46 bits per heavy atom. The fraction of sp³-hybridized carbons (Fsp3) is 0.316. The van der Waals surface area contributed by atoms with Gasteiger partial charge in [-0.3, -0.25) is 14.9 Å². The first-order chi connectivity index (χ1) is 13.3. The molecule has 0 heterocycles. The Bertz CT molecular complexity index is 842. The van der Waals surface area contributed by atoms with E-state index in [4.69, 9.17) is 0 Å². The Labute approximate surface area is 160 Å². The van der Waals surface area contributed by atoms with E-state index < -0.39 is 11.5 Å². The van der Waals surface area contributed by atoms with Gasteiger partial charge in [0, 0.05) is 23.9 Å². The Balaban J connectivity index is 1.80. The third-order valence-corrected chi connectivity index (χ3v) is 4.06. The molecule has 2 aromatic rings. The molecule has 9 heteroatoms. The monoisotopic (exact) mass is 393 g/mol. The number of halogens is 2. The lowest BCUT2D eigenvalue weighted by atomic mass is 10.1. The van der Waals surface area contributed by atoms with Crippen LogP contribution in [0.5, 0.6) is 5.75 Å². The highest BCUT2D eigenvalue weighted by molar-refractivity contribution is 5.81.